The van der Waals surface area contributed by atoms with Gasteiger partial charge in [0, 0.05) is 25.4 Å². The van der Waals surface area contributed by atoms with E-state index < -0.39 is 0 Å². The second-order valence-corrected chi connectivity index (χ2v) is 4.64. The highest BCUT2D eigenvalue weighted by atomic mass is 16.3. The Bertz CT molecular complexity index is 628. The number of aliphatic hydroxyl groups excluding tert-OH is 1. The highest BCUT2D eigenvalue weighted by molar-refractivity contribution is 5.50. The number of hydrogen-bond acceptors (Lipinski definition) is 4. The minimum Gasteiger partial charge on any atom is -0.391 e. The van der Waals surface area contributed by atoms with Gasteiger partial charge in [0.25, 0.3) is 0 Å². The number of para-hydroxylation sites is 1. The normalized spacial score (nSPS) is 18.5. The Morgan fingerprint density at radius 3 is 2.89 bits per heavy atom. The summed E-state index contributed by atoms with van der Waals surface area (Å²) in [4.78, 5) is 2.05. The summed E-state index contributed by atoms with van der Waals surface area (Å²) in [5, 5.41) is 23.1. The van der Waals surface area contributed by atoms with Crippen LogP contribution in [0.1, 0.15) is 12.0 Å². The first-order valence-electron chi connectivity index (χ1n) is 6.26. The maximum Gasteiger partial charge on any atom is 0.151 e. The van der Waals surface area contributed by atoms with E-state index in [-0.39, 0.29) is 6.10 Å². The van der Waals surface area contributed by atoms with Crippen molar-refractivity contribution in [3.63, 3.8) is 0 Å². The fourth-order valence-electron chi connectivity index (χ4n) is 2.34. The lowest BCUT2D eigenvalue weighted by molar-refractivity contribution is 0.198. The van der Waals surface area contributed by atoms with Crippen LogP contribution < -0.4 is 4.90 Å². The number of aromatic nitrogens is 2. The minimum atomic E-state index is -0.267. The SMILES string of the molecule is N#Cc1ccccc1-n1ccc(N2CC[C@@H](O)C2)n1. The summed E-state index contributed by atoms with van der Waals surface area (Å²) in [6, 6.07) is 11.4. The zero-order valence-electron chi connectivity index (χ0n) is 10.4. The molecule has 0 amide bonds. The predicted molar refractivity (Wildman–Crippen MR) is 71.1 cm³/mol. The molecule has 5 heteroatoms. The van der Waals surface area contributed by atoms with Gasteiger partial charge in [-0.15, -0.1) is 0 Å². The fourth-order valence-corrected chi connectivity index (χ4v) is 2.34. The zero-order chi connectivity index (χ0) is 13.2. The Balaban J connectivity index is 1.91. The Kier molecular flexibility index (Phi) is 2.94. The summed E-state index contributed by atoms with van der Waals surface area (Å²) in [6.07, 6.45) is 2.36. The molecule has 1 aliphatic rings. The summed E-state index contributed by atoms with van der Waals surface area (Å²) in [7, 11) is 0. The van der Waals surface area contributed by atoms with Crippen molar-refractivity contribution >= 4 is 5.82 Å². The van der Waals surface area contributed by atoms with Gasteiger partial charge in [-0.25, -0.2) is 4.68 Å². The minimum absolute atomic E-state index is 0.267. The molecule has 1 aromatic carbocycles. The van der Waals surface area contributed by atoms with Gasteiger partial charge in [0.15, 0.2) is 5.82 Å². The predicted octanol–water partition coefficient (Wildman–Crippen LogP) is 1.31. The third kappa shape index (κ3) is 2.18. The van der Waals surface area contributed by atoms with Gasteiger partial charge in [-0.3, -0.25) is 0 Å². The van der Waals surface area contributed by atoms with Gasteiger partial charge in [-0.05, 0) is 18.6 Å². The van der Waals surface area contributed by atoms with E-state index in [1.807, 2.05) is 30.5 Å². The topological polar surface area (TPSA) is 65.1 Å². The lowest BCUT2D eigenvalue weighted by Gasteiger charge is -2.13. The lowest BCUT2D eigenvalue weighted by Crippen LogP contribution is -2.21. The number of benzene rings is 1. The molecule has 0 radical (unpaired) electrons. The molecule has 1 aromatic heterocycles. The highest BCUT2D eigenvalue weighted by Gasteiger charge is 2.22. The van der Waals surface area contributed by atoms with Crippen LogP contribution in [0.5, 0.6) is 0 Å². The highest BCUT2D eigenvalue weighted by Crippen LogP contribution is 2.20. The molecule has 1 aliphatic heterocycles. The van der Waals surface area contributed by atoms with E-state index in [4.69, 9.17) is 5.26 Å². The Hall–Kier alpha value is -2.32. The van der Waals surface area contributed by atoms with Crippen molar-refractivity contribution in [2.45, 2.75) is 12.5 Å². The lowest BCUT2D eigenvalue weighted by atomic mass is 10.2. The third-order valence-corrected chi connectivity index (χ3v) is 3.33. The third-order valence-electron chi connectivity index (χ3n) is 3.33. The van der Waals surface area contributed by atoms with Crippen molar-refractivity contribution < 1.29 is 5.11 Å². The molecule has 19 heavy (non-hydrogen) atoms. The van der Waals surface area contributed by atoms with E-state index in [0.717, 1.165) is 24.5 Å². The molecule has 0 spiro atoms. The number of β-amino-alcohol motifs (C(OH)–C–C–N with tert-alkyl or cyclic N) is 1. The van der Waals surface area contributed by atoms with Crippen molar-refractivity contribution in [2.75, 3.05) is 18.0 Å². The van der Waals surface area contributed by atoms with E-state index in [2.05, 4.69) is 16.1 Å². The zero-order valence-corrected chi connectivity index (χ0v) is 10.4. The van der Waals surface area contributed by atoms with E-state index in [1.54, 1.807) is 10.7 Å². The van der Waals surface area contributed by atoms with E-state index in [0.29, 0.717) is 12.1 Å². The monoisotopic (exact) mass is 254 g/mol. The molecular weight excluding hydrogens is 240 g/mol. The molecule has 2 heterocycles. The molecule has 1 fully saturated rings. The van der Waals surface area contributed by atoms with Crippen LogP contribution in [0.25, 0.3) is 5.69 Å². The maximum atomic E-state index is 9.55. The van der Waals surface area contributed by atoms with Crippen LogP contribution in [0.3, 0.4) is 0 Å². The maximum absolute atomic E-state index is 9.55. The summed E-state index contributed by atoms with van der Waals surface area (Å²) in [6.45, 7) is 1.44. The van der Waals surface area contributed by atoms with E-state index >= 15 is 0 Å². The smallest absolute Gasteiger partial charge is 0.151 e. The van der Waals surface area contributed by atoms with Gasteiger partial charge in [0.2, 0.25) is 0 Å². The van der Waals surface area contributed by atoms with Crippen LogP contribution in [0.15, 0.2) is 36.5 Å². The van der Waals surface area contributed by atoms with Crippen molar-refractivity contribution in [2.24, 2.45) is 0 Å². The van der Waals surface area contributed by atoms with Gasteiger partial charge in [-0.2, -0.15) is 10.4 Å². The number of hydrogen-bond donors (Lipinski definition) is 1. The number of nitriles is 1. The van der Waals surface area contributed by atoms with Crippen LogP contribution in [-0.4, -0.2) is 34.1 Å². The summed E-state index contributed by atoms with van der Waals surface area (Å²) in [5.41, 5.74) is 1.37. The van der Waals surface area contributed by atoms with Crippen molar-refractivity contribution in [3.05, 3.63) is 42.1 Å². The molecule has 5 nitrogen and oxygen atoms in total. The van der Waals surface area contributed by atoms with Crippen molar-refractivity contribution in [3.8, 4) is 11.8 Å². The molecule has 1 atom stereocenters. The van der Waals surface area contributed by atoms with E-state index in [1.165, 1.54) is 0 Å². The van der Waals surface area contributed by atoms with Crippen LogP contribution in [-0.2, 0) is 0 Å². The Labute approximate surface area is 111 Å². The fraction of sp³-hybridized carbons (Fsp3) is 0.286. The number of aliphatic hydroxyl groups is 1. The first-order chi connectivity index (χ1) is 9.28. The Morgan fingerprint density at radius 1 is 1.32 bits per heavy atom. The van der Waals surface area contributed by atoms with Crippen molar-refractivity contribution in [1.29, 1.82) is 5.26 Å². The molecule has 3 rings (SSSR count). The first kappa shape index (κ1) is 11.8. The number of nitrogens with zero attached hydrogens (tertiary/aromatic N) is 4. The largest absolute Gasteiger partial charge is 0.391 e. The number of anilines is 1. The molecule has 0 aliphatic carbocycles. The van der Waals surface area contributed by atoms with Gasteiger partial charge in [0.1, 0.15) is 6.07 Å². The molecule has 1 N–H and O–H groups in total. The van der Waals surface area contributed by atoms with Gasteiger partial charge in [0.05, 0.1) is 17.4 Å². The summed E-state index contributed by atoms with van der Waals surface area (Å²) < 4.78 is 1.71. The van der Waals surface area contributed by atoms with Gasteiger partial charge in [-0.1, -0.05) is 12.1 Å². The van der Waals surface area contributed by atoms with Crippen LogP contribution >= 0.6 is 0 Å². The molecular formula is C14H14N4O. The van der Waals surface area contributed by atoms with Crippen molar-refractivity contribution in [1.82, 2.24) is 9.78 Å². The molecule has 1 saturated heterocycles. The number of rotatable bonds is 2. The quantitative estimate of drug-likeness (QED) is 0.877. The average Bonchev–Trinajstić information content (AvgIpc) is 3.07. The molecule has 2 aromatic rings. The average molecular weight is 254 g/mol. The van der Waals surface area contributed by atoms with Gasteiger partial charge < -0.3 is 10.0 Å². The molecule has 0 unspecified atom stereocenters. The second kappa shape index (κ2) is 4.75. The summed E-state index contributed by atoms with van der Waals surface area (Å²) >= 11 is 0. The summed E-state index contributed by atoms with van der Waals surface area (Å²) in [5.74, 6) is 0.837. The van der Waals surface area contributed by atoms with Crippen LogP contribution in [0, 0.1) is 11.3 Å². The van der Waals surface area contributed by atoms with Crippen LogP contribution in [0.4, 0.5) is 5.82 Å². The first-order valence-corrected chi connectivity index (χ1v) is 6.26. The molecule has 0 bridgehead atoms. The Morgan fingerprint density at radius 2 is 2.16 bits per heavy atom. The van der Waals surface area contributed by atoms with E-state index in [9.17, 15) is 5.11 Å². The van der Waals surface area contributed by atoms with Gasteiger partial charge >= 0.3 is 0 Å². The second-order valence-electron chi connectivity index (χ2n) is 4.64. The standard InChI is InChI=1S/C14H14N4O/c15-9-11-3-1-2-4-13(11)18-8-6-14(16-18)17-7-5-12(19)10-17/h1-4,6,8,12,19H,5,7,10H2/t12-/m1/s1. The molecule has 0 saturated carbocycles. The van der Waals surface area contributed by atoms with Crippen LogP contribution in [0.2, 0.25) is 0 Å². The molecule has 96 valence electrons.